The Balaban J connectivity index is 0.000000177. The van der Waals surface area contributed by atoms with Crippen LogP contribution in [0.15, 0.2) is 114 Å². The van der Waals surface area contributed by atoms with Crippen LogP contribution >= 0.6 is 0 Å². The number of piperidine rings is 2. The maximum absolute atomic E-state index is 13.2. The molecule has 7 aromatic rings. The molecule has 15 nitrogen and oxygen atoms in total. The van der Waals surface area contributed by atoms with E-state index >= 15 is 0 Å². The van der Waals surface area contributed by atoms with Crippen molar-refractivity contribution in [1.29, 1.82) is 10.5 Å². The van der Waals surface area contributed by atoms with Crippen LogP contribution in [0.25, 0.3) is 11.0 Å². The monoisotopic (exact) mass is 851 g/mol. The molecule has 322 valence electrons. The van der Waals surface area contributed by atoms with Crippen molar-refractivity contribution in [2.45, 2.75) is 62.7 Å². The van der Waals surface area contributed by atoms with Crippen LogP contribution in [-0.4, -0.2) is 77.4 Å². The number of fused-ring (bicyclic) bond motifs is 1. The van der Waals surface area contributed by atoms with Gasteiger partial charge in [0.2, 0.25) is 0 Å². The Bertz CT molecular complexity index is 2660. The van der Waals surface area contributed by atoms with Crippen LogP contribution in [0.3, 0.4) is 0 Å². The van der Waals surface area contributed by atoms with Gasteiger partial charge in [0.25, 0.3) is 5.91 Å². The first-order valence-electron chi connectivity index (χ1n) is 20.8. The highest BCUT2D eigenvalue weighted by Crippen LogP contribution is 2.35. The second kappa shape index (κ2) is 19.1. The van der Waals surface area contributed by atoms with E-state index in [1.165, 1.54) is 36.0 Å². The van der Waals surface area contributed by atoms with Gasteiger partial charge >= 0.3 is 0 Å². The molecule has 0 radical (unpaired) electrons. The second-order valence-corrected chi connectivity index (χ2v) is 16.0. The van der Waals surface area contributed by atoms with Crippen LogP contribution in [0.5, 0.6) is 0 Å². The molecule has 0 bridgehead atoms. The number of H-pyrrole nitrogens is 2. The summed E-state index contributed by atoms with van der Waals surface area (Å²) in [6.07, 6.45) is 12.5. The van der Waals surface area contributed by atoms with Crippen molar-refractivity contribution in [2.24, 2.45) is 0 Å². The van der Waals surface area contributed by atoms with Crippen LogP contribution in [0.2, 0.25) is 0 Å². The zero-order chi connectivity index (χ0) is 43.7. The van der Waals surface area contributed by atoms with Crippen molar-refractivity contribution < 1.29 is 18.0 Å². The number of anilines is 4. The molecule has 2 aliphatic heterocycles. The number of nitriles is 2. The standard InChI is InChI=1S/C25H25FN8O.C21H22FN5O/c26-18-1-3-19(4-2-18)31-23-21(15-30-33-23)24(35)32-25(7-10-27)8-13-34(14-9-25)16-17-5-11-28-22-20(17)6-12-29-22;22-17-3-5-18(6-4-17)24-20-7-12-27(25-20)21(8-11-23)9-13-26(14-10-21)16-19-2-1-15-28-19/h1-6,11-12,15H,7-9,13-14,16H2,(H,28,29)(H,32,35)(H2,30,31,33);1-7,12,15H,8-10,13-14,16H2,(H,24,25). The number of amides is 1. The third-order valence-corrected chi connectivity index (χ3v) is 11.9. The normalized spacial score (nSPS) is 16.0. The molecule has 0 saturated carbocycles. The van der Waals surface area contributed by atoms with Crippen molar-refractivity contribution in [3.8, 4) is 12.1 Å². The number of hydrogen-bond donors (Lipinski definition) is 5. The minimum atomic E-state index is -0.617. The zero-order valence-corrected chi connectivity index (χ0v) is 34.5. The Morgan fingerprint density at radius 3 is 2.19 bits per heavy atom. The predicted octanol–water partition coefficient (Wildman–Crippen LogP) is 8.11. The summed E-state index contributed by atoms with van der Waals surface area (Å²) in [6, 6.07) is 26.4. The summed E-state index contributed by atoms with van der Waals surface area (Å²) < 4.78 is 33.6. The van der Waals surface area contributed by atoms with E-state index in [1.54, 1.807) is 36.7 Å². The molecule has 5 aromatic heterocycles. The Kier molecular flexibility index (Phi) is 12.9. The summed E-state index contributed by atoms with van der Waals surface area (Å²) in [5.74, 6) is 1.05. The number of nitrogens with one attached hydrogen (secondary N) is 5. The molecule has 0 atom stereocenters. The summed E-state index contributed by atoms with van der Waals surface area (Å²) >= 11 is 0. The number of carbonyl (C=O) groups is 1. The number of hydrogen-bond acceptors (Lipinski definition) is 11. The van der Waals surface area contributed by atoms with Crippen molar-refractivity contribution in [3.63, 3.8) is 0 Å². The number of furan rings is 1. The highest BCUT2D eigenvalue weighted by molar-refractivity contribution is 5.99. The number of carbonyl (C=O) groups excluding carboxylic acids is 1. The molecular weight excluding hydrogens is 805 g/mol. The van der Waals surface area contributed by atoms with E-state index in [4.69, 9.17) is 4.42 Å². The molecular formula is C46H47F2N13O2. The van der Waals surface area contributed by atoms with Crippen LogP contribution in [0.4, 0.5) is 31.8 Å². The van der Waals surface area contributed by atoms with Gasteiger partial charge in [-0.1, -0.05) is 0 Å². The van der Waals surface area contributed by atoms with E-state index in [-0.39, 0.29) is 29.5 Å². The van der Waals surface area contributed by atoms with E-state index in [1.807, 2.05) is 47.4 Å². The number of aromatic nitrogens is 6. The van der Waals surface area contributed by atoms with E-state index in [0.717, 1.165) is 74.6 Å². The van der Waals surface area contributed by atoms with Gasteiger partial charge in [-0.3, -0.25) is 24.4 Å². The van der Waals surface area contributed by atoms with Gasteiger partial charge in [-0.05, 0) is 104 Å². The molecule has 5 N–H and O–H groups in total. The highest BCUT2D eigenvalue weighted by atomic mass is 19.1. The molecule has 2 aliphatic rings. The van der Waals surface area contributed by atoms with Crippen LogP contribution in [-0.2, 0) is 18.6 Å². The van der Waals surface area contributed by atoms with Gasteiger partial charge in [-0.2, -0.15) is 20.7 Å². The van der Waals surface area contributed by atoms with Gasteiger partial charge in [0, 0.05) is 80.3 Å². The second-order valence-electron chi connectivity index (χ2n) is 16.0. The van der Waals surface area contributed by atoms with Gasteiger partial charge in [0.1, 0.15) is 28.6 Å². The van der Waals surface area contributed by atoms with Crippen LogP contribution < -0.4 is 16.0 Å². The number of benzene rings is 2. The maximum atomic E-state index is 13.2. The topological polar surface area (TPSA) is 196 Å². The summed E-state index contributed by atoms with van der Waals surface area (Å²) in [7, 11) is 0. The summed E-state index contributed by atoms with van der Waals surface area (Å²) in [5.41, 5.74) is 2.86. The predicted molar refractivity (Wildman–Crippen MR) is 233 cm³/mol. The lowest BCUT2D eigenvalue weighted by Gasteiger charge is -2.41. The number of pyridine rings is 1. The smallest absolute Gasteiger partial charge is 0.257 e. The molecule has 7 heterocycles. The first kappa shape index (κ1) is 42.4. The third-order valence-electron chi connectivity index (χ3n) is 11.9. The molecule has 2 aromatic carbocycles. The Hall–Kier alpha value is -7.34. The molecule has 9 rings (SSSR count). The molecule has 17 heteroatoms. The maximum Gasteiger partial charge on any atom is 0.257 e. The Morgan fingerprint density at radius 1 is 0.825 bits per heavy atom. The van der Waals surface area contributed by atoms with E-state index in [2.05, 4.69) is 63.2 Å². The summed E-state index contributed by atoms with van der Waals surface area (Å²) in [6.45, 7) is 4.82. The Morgan fingerprint density at radius 2 is 1.51 bits per heavy atom. The van der Waals surface area contributed by atoms with Crippen molar-refractivity contribution >= 4 is 40.0 Å². The molecule has 0 aliphatic carbocycles. The fraction of sp³-hybridized carbons (Fsp3) is 0.304. The van der Waals surface area contributed by atoms with Gasteiger partial charge < -0.3 is 25.4 Å². The number of likely N-dealkylation sites (tertiary alicyclic amines) is 2. The fourth-order valence-electron chi connectivity index (χ4n) is 8.29. The van der Waals surface area contributed by atoms with Crippen molar-refractivity contribution in [1.82, 2.24) is 45.1 Å². The average molecular weight is 852 g/mol. The zero-order valence-electron chi connectivity index (χ0n) is 34.5. The SMILES string of the molecule is N#CCC1(NC(=O)c2c[nH]nc2Nc2ccc(F)cc2)CCN(Cc2ccnc3[nH]ccc23)CC1.N#CCC1(n2ccc(Nc3ccc(F)cc3)n2)CCN(Cc2ccco2)CC1. The third kappa shape index (κ3) is 10.2. The van der Waals surface area contributed by atoms with E-state index < -0.39 is 5.54 Å². The van der Waals surface area contributed by atoms with Gasteiger partial charge in [0.05, 0.1) is 48.9 Å². The molecule has 1 amide bonds. The van der Waals surface area contributed by atoms with Gasteiger partial charge in [0.15, 0.2) is 11.6 Å². The lowest BCUT2D eigenvalue weighted by atomic mass is 9.84. The molecule has 63 heavy (non-hydrogen) atoms. The van der Waals surface area contributed by atoms with Crippen LogP contribution in [0, 0.1) is 34.3 Å². The Labute approximate surface area is 362 Å². The minimum Gasteiger partial charge on any atom is -0.468 e. The lowest BCUT2D eigenvalue weighted by Crippen LogP contribution is -2.55. The van der Waals surface area contributed by atoms with Crippen molar-refractivity contribution in [2.75, 3.05) is 36.8 Å². The number of nitrogens with zero attached hydrogens (tertiary/aromatic N) is 8. The first-order chi connectivity index (χ1) is 30.7. The van der Waals surface area contributed by atoms with E-state index in [0.29, 0.717) is 42.1 Å². The minimum absolute atomic E-state index is 0.225. The summed E-state index contributed by atoms with van der Waals surface area (Å²) in [5, 5.41) is 40.9. The molecule has 0 spiro atoms. The summed E-state index contributed by atoms with van der Waals surface area (Å²) in [4.78, 5) is 25.4. The van der Waals surface area contributed by atoms with Gasteiger partial charge in [-0.25, -0.2) is 13.8 Å². The molecule has 2 saturated heterocycles. The lowest BCUT2D eigenvalue weighted by molar-refractivity contribution is 0.0807. The molecule has 2 fully saturated rings. The van der Waals surface area contributed by atoms with Crippen LogP contribution in [0.1, 0.15) is 60.2 Å². The van der Waals surface area contributed by atoms with E-state index in [9.17, 15) is 24.1 Å². The average Bonchev–Trinajstić information content (AvgIpc) is 4.14. The fourth-order valence-corrected chi connectivity index (χ4v) is 8.29. The van der Waals surface area contributed by atoms with Crippen molar-refractivity contribution in [3.05, 3.63) is 138 Å². The molecule has 0 unspecified atom stereocenters. The number of aromatic amines is 2. The number of halogens is 2. The first-order valence-corrected chi connectivity index (χ1v) is 20.8. The largest absolute Gasteiger partial charge is 0.468 e. The number of rotatable bonds is 13. The van der Waals surface area contributed by atoms with Gasteiger partial charge in [-0.15, -0.1) is 0 Å². The highest BCUT2D eigenvalue weighted by Gasteiger charge is 2.38. The quantitative estimate of drug-likeness (QED) is 0.0752.